The molecule has 0 aliphatic carbocycles. The van der Waals surface area contributed by atoms with Gasteiger partial charge in [-0.25, -0.2) is 9.67 Å². The number of methoxy groups -OCH3 is 1. The molecule has 2 aromatic heterocycles. The first-order valence-electron chi connectivity index (χ1n) is 9.67. The maximum absolute atomic E-state index is 12.3. The molecule has 0 bridgehead atoms. The van der Waals surface area contributed by atoms with E-state index in [2.05, 4.69) is 21.7 Å². The maximum Gasteiger partial charge on any atom is 0.224 e. The molecule has 4 rings (SSSR count). The minimum absolute atomic E-state index is 0.0332. The van der Waals surface area contributed by atoms with E-state index in [4.69, 9.17) is 9.84 Å². The van der Waals surface area contributed by atoms with Crippen molar-refractivity contribution >= 4 is 16.9 Å². The van der Waals surface area contributed by atoms with Crippen molar-refractivity contribution in [1.29, 1.82) is 0 Å². The fraction of sp³-hybridized carbons (Fsp3) is 0.381. The van der Waals surface area contributed by atoms with Crippen LogP contribution in [0.15, 0.2) is 42.6 Å². The Morgan fingerprint density at radius 2 is 2.21 bits per heavy atom. The van der Waals surface area contributed by atoms with Crippen molar-refractivity contribution in [1.82, 2.24) is 25.4 Å². The third-order valence-corrected chi connectivity index (χ3v) is 5.17. The van der Waals surface area contributed by atoms with Gasteiger partial charge in [-0.2, -0.15) is 5.10 Å². The average Bonchev–Trinajstić information content (AvgIpc) is 3.37. The summed E-state index contributed by atoms with van der Waals surface area (Å²) < 4.78 is 7.22. The van der Waals surface area contributed by atoms with E-state index >= 15 is 0 Å². The highest BCUT2D eigenvalue weighted by Gasteiger charge is 2.23. The van der Waals surface area contributed by atoms with E-state index in [1.165, 1.54) is 0 Å². The summed E-state index contributed by atoms with van der Waals surface area (Å²) in [6.45, 7) is 3.07. The van der Waals surface area contributed by atoms with E-state index in [9.17, 15) is 4.79 Å². The summed E-state index contributed by atoms with van der Waals surface area (Å²) in [5, 5.41) is 12.3. The highest BCUT2D eigenvalue weighted by atomic mass is 16.5. The van der Waals surface area contributed by atoms with Gasteiger partial charge in [0.15, 0.2) is 5.65 Å². The number of benzene rings is 1. The van der Waals surface area contributed by atoms with Crippen LogP contribution < -0.4 is 15.4 Å². The molecule has 146 valence electrons. The predicted octanol–water partition coefficient (Wildman–Crippen LogP) is 1.88. The lowest BCUT2D eigenvalue weighted by molar-refractivity contribution is -0.120. The Kier molecular flexibility index (Phi) is 5.53. The van der Waals surface area contributed by atoms with Crippen molar-refractivity contribution in [3.8, 4) is 5.75 Å². The third-order valence-electron chi connectivity index (χ3n) is 5.17. The van der Waals surface area contributed by atoms with Crippen molar-refractivity contribution in [3.05, 3.63) is 53.9 Å². The number of aromatic nitrogens is 3. The molecule has 1 aliphatic heterocycles. The molecule has 1 amide bonds. The Balaban J connectivity index is 1.41. The van der Waals surface area contributed by atoms with E-state index in [-0.39, 0.29) is 5.91 Å². The van der Waals surface area contributed by atoms with Crippen LogP contribution in [0.25, 0.3) is 11.0 Å². The first kappa shape index (κ1) is 18.4. The molecule has 0 spiro atoms. The Labute approximate surface area is 164 Å². The van der Waals surface area contributed by atoms with Crippen LogP contribution in [-0.4, -0.2) is 47.4 Å². The van der Waals surface area contributed by atoms with Crippen molar-refractivity contribution in [2.45, 2.75) is 25.3 Å². The van der Waals surface area contributed by atoms with E-state index in [1.54, 1.807) is 13.3 Å². The van der Waals surface area contributed by atoms with Crippen LogP contribution >= 0.6 is 0 Å². The summed E-state index contributed by atoms with van der Waals surface area (Å²) >= 11 is 0. The summed E-state index contributed by atoms with van der Waals surface area (Å²) in [5.74, 6) is 1.12. The average molecular weight is 379 g/mol. The van der Waals surface area contributed by atoms with Crippen LogP contribution in [0.1, 0.15) is 23.6 Å². The van der Waals surface area contributed by atoms with Gasteiger partial charge in [0.2, 0.25) is 5.91 Å². The second-order valence-electron chi connectivity index (χ2n) is 7.01. The number of pyridine rings is 1. The van der Waals surface area contributed by atoms with Crippen molar-refractivity contribution in [2.75, 3.05) is 26.7 Å². The van der Waals surface area contributed by atoms with Gasteiger partial charge in [0.1, 0.15) is 5.75 Å². The Hall–Kier alpha value is -2.93. The summed E-state index contributed by atoms with van der Waals surface area (Å²) in [7, 11) is 1.62. The Bertz CT molecular complexity index is 962. The standard InChI is InChI=1S/C21H25N5O2/c1-28-18-7-3-2-5-15(18)13-19(27)23-11-12-26-21-17(6-4-9-24-21)20(25-26)16-8-10-22-14-16/h2-7,9,16,22H,8,10-14H2,1H3,(H,23,27). The molecule has 1 aliphatic rings. The molecular weight excluding hydrogens is 354 g/mol. The topological polar surface area (TPSA) is 81.1 Å². The number of carbonyl (C=O) groups is 1. The van der Waals surface area contributed by atoms with Gasteiger partial charge in [-0.3, -0.25) is 4.79 Å². The van der Waals surface area contributed by atoms with Crippen molar-refractivity contribution in [3.63, 3.8) is 0 Å². The second kappa shape index (κ2) is 8.39. The molecule has 1 aromatic carbocycles. The Morgan fingerprint density at radius 1 is 1.32 bits per heavy atom. The molecule has 7 nitrogen and oxygen atoms in total. The van der Waals surface area contributed by atoms with Crippen LogP contribution in [0.2, 0.25) is 0 Å². The molecule has 1 saturated heterocycles. The lowest BCUT2D eigenvalue weighted by Crippen LogP contribution is -2.29. The minimum atomic E-state index is -0.0332. The van der Waals surface area contributed by atoms with Crippen LogP contribution in [0.3, 0.4) is 0 Å². The SMILES string of the molecule is COc1ccccc1CC(=O)NCCn1nc(C2CCNC2)c2cccnc21. The van der Waals surface area contributed by atoms with Crippen LogP contribution in [0.5, 0.6) is 5.75 Å². The molecule has 3 aromatic rings. The lowest BCUT2D eigenvalue weighted by atomic mass is 10.0. The van der Waals surface area contributed by atoms with Gasteiger partial charge in [-0.1, -0.05) is 18.2 Å². The zero-order chi connectivity index (χ0) is 19.3. The van der Waals surface area contributed by atoms with Gasteiger partial charge >= 0.3 is 0 Å². The molecule has 0 saturated carbocycles. The predicted molar refractivity (Wildman–Crippen MR) is 107 cm³/mol. The number of nitrogens with zero attached hydrogens (tertiary/aromatic N) is 3. The van der Waals surface area contributed by atoms with Gasteiger partial charge in [-0.05, 0) is 31.2 Å². The molecule has 1 atom stereocenters. The van der Waals surface area contributed by atoms with Crippen molar-refractivity contribution in [2.24, 2.45) is 0 Å². The van der Waals surface area contributed by atoms with Gasteiger partial charge in [0, 0.05) is 36.2 Å². The number of amides is 1. The number of rotatable bonds is 7. The van der Waals surface area contributed by atoms with Crippen molar-refractivity contribution < 1.29 is 9.53 Å². The maximum atomic E-state index is 12.3. The summed E-state index contributed by atoms with van der Waals surface area (Å²) in [5.41, 5.74) is 2.86. The number of carbonyl (C=O) groups excluding carboxylic acids is 1. The number of fused-ring (bicyclic) bond motifs is 1. The zero-order valence-electron chi connectivity index (χ0n) is 16.0. The molecule has 28 heavy (non-hydrogen) atoms. The highest BCUT2D eigenvalue weighted by Crippen LogP contribution is 2.27. The van der Waals surface area contributed by atoms with Crippen LogP contribution in [0, 0.1) is 0 Å². The normalized spacial score (nSPS) is 16.4. The first-order chi connectivity index (χ1) is 13.8. The fourth-order valence-corrected chi connectivity index (χ4v) is 3.77. The largest absolute Gasteiger partial charge is 0.496 e. The van der Waals surface area contributed by atoms with Gasteiger partial charge in [-0.15, -0.1) is 0 Å². The molecule has 7 heteroatoms. The highest BCUT2D eigenvalue weighted by molar-refractivity contribution is 5.80. The van der Waals surface area contributed by atoms with E-state index in [0.717, 1.165) is 47.6 Å². The van der Waals surface area contributed by atoms with E-state index in [1.807, 2.05) is 35.0 Å². The summed E-state index contributed by atoms with van der Waals surface area (Å²) in [6, 6.07) is 11.6. The number of ether oxygens (including phenoxy) is 1. The van der Waals surface area contributed by atoms with E-state index in [0.29, 0.717) is 25.4 Å². The third kappa shape index (κ3) is 3.84. The van der Waals surface area contributed by atoms with Gasteiger partial charge < -0.3 is 15.4 Å². The first-order valence-corrected chi connectivity index (χ1v) is 9.67. The zero-order valence-corrected chi connectivity index (χ0v) is 16.0. The van der Waals surface area contributed by atoms with Crippen LogP contribution in [0.4, 0.5) is 0 Å². The minimum Gasteiger partial charge on any atom is -0.496 e. The number of hydrogen-bond acceptors (Lipinski definition) is 5. The molecule has 3 heterocycles. The van der Waals surface area contributed by atoms with E-state index < -0.39 is 0 Å². The molecule has 1 fully saturated rings. The number of para-hydroxylation sites is 1. The molecule has 2 N–H and O–H groups in total. The molecule has 0 radical (unpaired) electrons. The van der Waals surface area contributed by atoms with Gasteiger partial charge in [0.25, 0.3) is 0 Å². The monoisotopic (exact) mass is 379 g/mol. The Morgan fingerprint density at radius 3 is 3.04 bits per heavy atom. The second-order valence-corrected chi connectivity index (χ2v) is 7.01. The van der Waals surface area contributed by atoms with Gasteiger partial charge in [0.05, 0.1) is 25.8 Å². The fourth-order valence-electron chi connectivity index (χ4n) is 3.77. The summed E-state index contributed by atoms with van der Waals surface area (Å²) in [6.07, 6.45) is 3.18. The summed E-state index contributed by atoms with van der Waals surface area (Å²) in [4.78, 5) is 16.8. The smallest absolute Gasteiger partial charge is 0.224 e. The number of hydrogen-bond donors (Lipinski definition) is 2. The quantitative estimate of drug-likeness (QED) is 0.655. The molecule has 1 unspecified atom stereocenters. The molecular formula is C21H25N5O2. The lowest BCUT2D eigenvalue weighted by Gasteiger charge is -2.09. The number of nitrogens with one attached hydrogen (secondary N) is 2. The van der Waals surface area contributed by atoms with Crippen LogP contribution in [-0.2, 0) is 17.8 Å².